The summed E-state index contributed by atoms with van der Waals surface area (Å²) in [7, 11) is 1.62. The van der Waals surface area contributed by atoms with Gasteiger partial charge in [-0.05, 0) is 27.4 Å². The van der Waals surface area contributed by atoms with Gasteiger partial charge in [0.15, 0.2) is 5.78 Å². The Kier molecular flexibility index (Phi) is 6.91. The molecule has 0 fully saturated rings. The molecule has 0 unspecified atom stereocenters. The van der Waals surface area contributed by atoms with Crippen LogP contribution in [-0.2, 0) is 4.74 Å². The minimum absolute atomic E-state index is 0.0443. The van der Waals surface area contributed by atoms with Gasteiger partial charge in [-0.25, -0.2) is 0 Å². The Morgan fingerprint density at radius 2 is 2.35 bits per heavy atom. The summed E-state index contributed by atoms with van der Waals surface area (Å²) in [6.45, 7) is 2.04. The van der Waals surface area contributed by atoms with E-state index in [2.05, 4.69) is 15.9 Å². The molecule has 0 aliphatic carbocycles. The molecular formula is C11H16BrNO3S. The number of ether oxygens (including phenoxy) is 1. The van der Waals surface area contributed by atoms with Crippen LogP contribution in [0.2, 0.25) is 0 Å². The van der Waals surface area contributed by atoms with Gasteiger partial charge in [-0.15, -0.1) is 11.3 Å². The molecule has 4 nitrogen and oxygen atoms in total. The first-order chi connectivity index (χ1) is 8.19. The molecule has 0 amide bonds. The summed E-state index contributed by atoms with van der Waals surface area (Å²) in [5, 5.41) is 10.8. The number of carbonyl (C=O) groups is 1. The summed E-state index contributed by atoms with van der Waals surface area (Å²) in [6, 6.07) is 1.86. The van der Waals surface area contributed by atoms with Gasteiger partial charge >= 0.3 is 0 Å². The molecule has 0 bridgehead atoms. The lowest BCUT2D eigenvalue weighted by molar-refractivity contribution is 0.0872. The number of nitrogens with zero attached hydrogens (tertiary/aromatic N) is 1. The smallest absolute Gasteiger partial charge is 0.187 e. The Morgan fingerprint density at radius 1 is 1.59 bits per heavy atom. The van der Waals surface area contributed by atoms with E-state index in [4.69, 9.17) is 9.84 Å². The molecule has 0 saturated carbocycles. The van der Waals surface area contributed by atoms with Crippen molar-refractivity contribution in [1.82, 2.24) is 4.90 Å². The van der Waals surface area contributed by atoms with Crippen LogP contribution in [0.3, 0.4) is 0 Å². The van der Waals surface area contributed by atoms with Gasteiger partial charge in [0.1, 0.15) is 0 Å². The number of carbonyl (C=O) groups excluding carboxylic acids is 1. The molecule has 0 saturated heterocycles. The van der Waals surface area contributed by atoms with E-state index in [0.717, 1.165) is 9.35 Å². The third kappa shape index (κ3) is 4.85. The van der Waals surface area contributed by atoms with E-state index >= 15 is 0 Å². The highest BCUT2D eigenvalue weighted by Crippen LogP contribution is 2.23. The van der Waals surface area contributed by atoms with Gasteiger partial charge in [-0.3, -0.25) is 9.69 Å². The lowest BCUT2D eigenvalue weighted by atomic mass is 10.3. The van der Waals surface area contributed by atoms with E-state index in [1.165, 1.54) is 11.3 Å². The Bertz CT molecular complexity index is 356. The van der Waals surface area contributed by atoms with Crippen LogP contribution in [0.15, 0.2) is 15.9 Å². The minimum Gasteiger partial charge on any atom is -0.395 e. The number of thiophene rings is 1. The van der Waals surface area contributed by atoms with Crippen LogP contribution in [-0.4, -0.2) is 55.7 Å². The van der Waals surface area contributed by atoms with Gasteiger partial charge < -0.3 is 9.84 Å². The molecule has 1 rings (SSSR count). The SMILES string of the molecule is COCCN(CCO)CC(=O)c1sccc1Br. The Labute approximate surface area is 113 Å². The number of aliphatic hydroxyl groups is 1. The molecule has 0 spiro atoms. The number of methoxy groups -OCH3 is 1. The standard InChI is InChI=1S/C11H16BrNO3S/c1-16-6-4-13(3-5-14)8-10(15)11-9(12)2-7-17-11/h2,7,14H,3-6,8H2,1H3. The van der Waals surface area contributed by atoms with E-state index in [0.29, 0.717) is 26.2 Å². The van der Waals surface area contributed by atoms with E-state index < -0.39 is 0 Å². The molecule has 0 aromatic carbocycles. The van der Waals surface area contributed by atoms with Gasteiger partial charge in [0, 0.05) is 24.7 Å². The largest absolute Gasteiger partial charge is 0.395 e. The fraction of sp³-hybridized carbons (Fsp3) is 0.545. The number of hydrogen-bond acceptors (Lipinski definition) is 5. The second kappa shape index (κ2) is 7.94. The molecule has 6 heteroatoms. The molecule has 96 valence electrons. The maximum absolute atomic E-state index is 12.0. The van der Waals surface area contributed by atoms with Crippen LogP contribution < -0.4 is 0 Å². The second-order valence-electron chi connectivity index (χ2n) is 3.51. The minimum atomic E-state index is 0.0443. The maximum Gasteiger partial charge on any atom is 0.187 e. The molecular weight excluding hydrogens is 306 g/mol. The summed E-state index contributed by atoms with van der Waals surface area (Å²) in [5.74, 6) is 0.0661. The highest BCUT2D eigenvalue weighted by molar-refractivity contribution is 9.10. The fourth-order valence-electron chi connectivity index (χ4n) is 1.40. The Morgan fingerprint density at radius 3 is 2.88 bits per heavy atom. The number of Topliss-reactive ketones (excluding diaryl/α,β-unsaturated/α-hetero) is 1. The van der Waals surface area contributed by atoms with E-state index in [-0.39, 0.29) is 12.4 Å². The predicted molar refractivity (Wildman–Crippen MR) is 71.8 cm³/mol. The second-order valence-corrected chi connectivity index (χ2v) is 5.28. The van der Waals surface area contributed by atoms with Gasteiger partial charge in [0.25, 0.3) is 0 Å². The van der Waals surface area contributed by atoms with Crippen molar-refractivity contribution in [3.8, 4) is 0 Å². The first-order valence-corrected chi connectivity index (χ1v) is 6.94. The molecule has 17 heavy (non-hydrogen) atoms. The molecule has 1 aromatic heterocycles. The lowest BCUT2D eigenvalue weighted by Crippen LogP contribution is -2.34. The highest BCUT2D eigenvalue weighted by Gasteiger charge is 2.15. The van der Waals surface area contributed by atoms with Crippen LogP contribution >= 0.6 is 27.3 Å². The summed E-state index contributed by atoms with van der Waals surface area (Å²) in [5.41, 5.74) is 0. The zero-order valence-electron chi connectivity index (χ0n) is 9.69. The first-order valence-electron chi connectivity index (χ1n) is 5.27. The van der Waals surface area contributed by atoms with Crippen molar-refractivity contribution in [2.75, 3.05) is 40.0 Å². The topological polar surface area (TPSA) is 49.8 Å². The van der Waals surface area contributed by atoms with Gasteiger partial charge in [-0.1, -0.05) is 0 Å². The summed E-state index contributed by atoms with van der Waals surface area (Å²) >= 11 is 4.77. The average Bonchev–Trinajstić information content (AvgIpc) is 2.72. The third-order valence-corrected chi connectivity index (χ3v) is 4.14. The van der Waals surface area contributed by atoms with Crippen molar-refractivity contribution in [2.45, 2.75) is 0 Å². The van der Waals surface area contributed by atoms with Gasteiger partial charge in [0.2, 0.25) is 0 Å². The zero-order valence-corrected chi connectivity index (χ0v) is 12.1. The summed E-state index contributed by atoms with van der Waals surface area (Å²) < 4.78 is 5.81. The van der Waals surface area contributed by atoms with E-state index in [1.54, 1.807) is 7.11 Å². The van der Waals surface area contributed by atoms with Crippen molar-refractivity contribution in [3.63, 3.8) is 0 Å². The van der Waals surface area contributed by atoms with Crippen molar-refractivity contribution < 1.29 is 14.6 Å². The first kappa shape index (κ1) is 14.8. The van der Waals surface area contributed by atoms with Gasteiger partial charge in [0.05, 0.1) is 24.6 Å². The number of ketones is 1. The number of hydrogen-bond donors (Lipinski definition) is 1. The van der Waals surface area contributed by atoms with Crippen molar-refractivity contribution in [2.24, 2.45) is 0 Å². The van der Waals surface area contributed by atoms with Crippen molar-refractivity contribution >= 4 is 33.0 Å². The van der Waals surface area contributed by atoms with Crippen molar-refractivity contribution in [1.29, 1.82) is 0 Å². The zero-order chi connectivity index (χ0) is 12.7. The molecule has 1 N–H and O–H groups in total. The lowest BCUT2D eigenvalue weighted by Gasteiger charge is -2.19. The number of aliphatic hydroxyl groups excluding tert-OH is 1. The monoisotopic (exact) mass is 321 g/mol. The third-order valence-electron chi connectivity index (χ3n) is 2.27. The molecule has 1 aromatic rings. The molecule has 0 radical (unpaired) electrons. The predicted octanol–water partition coefficient (Wildman–Crippen LogP) is 1.63. The summed E-state index contributed by atoms with van der Waals surface area (Å²) in [4.78, 5) is 14.6. The van der Waals surface area contributed by atoms with Crippen LogP contribution in [0.4, 0.5) is 0 Å². The van der Waals surface area contributed by atoms with Gasteiger partial charge in [-0.2, -0.15) is 0 Å². The molecule has 0 aliphatic rings. The molecule has 0 aliphatic heterocycles. The molecule has 1 heterocycles. The Hall–Kier alpha value is -0.270. The molecule has 0 atom stereocenters. The quantitative estimate of drug-likeness (QED) is 0.739. The van der Waals surface area contributed by atoms with Crippen LogP contribution in [0, 0.1) is 0 Å². The normalized spacial score (nSPS) is 11.1. The number of halogens is 1. The summed E-state index contributed by atoms with van der Waals surface area (Å²) in [6.07, 6.45) is 0. The van der Waals surface area contributed by atoms with Crippen molar-refractivity contribution in [3.05, 3.63) is 20.8 Å². The highest BCUT2D eigenvalue weighted by atomic mass is 79.9. The van der Waals surface area contributed by atoms with Crippen LogP contribution in [0.1, 0.15) is 9.67 Å². The number of rotatable bonds is 8. The van der Waals surface area contributed by atoms with Crippen LogP contribution in [0.25, 0.3) is 0 Å². The Balaban J connectivity index is 2.54. The van der Waals surface area contributed by atoms with Crippen LogP contribution in [0.5, 0.6) is 0 Å². The maximum atomic E-state index is 12.0. The fourth-order valence-corrected chi connectivity index (χ4v) is 2.92. The average molecular weight is 322 g/mol. The van der Waals surface area contributed by atoms with E-state index in [1.807, 2.05) is 16.3 Å². The van der Waals surface area contributed by atoms with E-state index in [9.17, 15) is 4.79 Å².